The summed E-state index contributed by atoms with van der Waals surface area (Å²) in [6.45, 7) is 0. The lowest BCUT2D eigenvalue weighted by molar-refractivity contribution is -0.521. The number of hydrogen-bond donors (Lipinski definition) is 4. The van der Waals surface area contributed by atoms with Crippen molar-refractivity contribution < 1.29 is 21.3 Å². The summed E-state index contributed by atoms with van der Waals surface area (Å²) in [6, 6.07) is 0. The van der Waals surface area contributed by atoms with Crippen LogP contribution in [0.4, 0.5) is 47.6 Å². The standard InChI is InChI=1S/C12H8N16/c1-13-5-21-6(14-1)26-8-16-3-18-10(23-8)28-12-20-4-19-11(24-12)27-9-17-2-15-7(22-9)25-5/h1-4,25-28H/q+4. The van der Waals surface area contributed by atoms with Crippen LogP contribution in [-0.2, 0) is 0 Å². The fourth-order valence-electron chi connectivity index (χ4n) is 2.07. The largest absolute Gasteiger partial charge is 0.393 e. The van der Waals surface area contributed by atoms with Crippen molar-refractivity contribution in [2.45, 2.75) is 0 Å². The van der Waals surface area contributed by atoms with Crippen LogP contribution in [0.3, 0.4) is 0 Å². The Morgan fingerprint density at radius 3 is 0.679 bits per heavy atom. The van der Waals surface area contributed by atoms with Crippen LogP contribution in [0, 0.1) is 0 Å². The minimum Gasteiger partial charge on any atom is -0.161 e. The van der Waals surface area contributed by atoms with Gasteiger partial charge in [-0.3, -0.25) is 0 Å². The molecule has 28 heavy (non-hydrogen) atoms. The number of rotatable bonds is 0. The molecule has 0 spiro atoms. The minimum absolute atomic E-state index is 0.205. The summed E-state index contributed by atoms with van der Waals surface area (Å²) in [4.78, 5) is 49.0. The predicted molar refractivity (Wildman–Crippen MR) is 80.4 cm³/mol. The maximum Gasteiger partial charge on any atom is 0.393 e. The van der Waals surface area contributed by atoms with Crippen molar-refractivity contribution in [1.29, 1.82) is 0 Å². The molecule has 1 aliphatic rings. The maximum absolute atomic E-state index is 4.21. The van der Waals surface area contributed by atoms with Gasteiger partial charge in [0.05, 0.1) is 0 Å². The van der Waals surface area contributed by atoms with Gasteiger partial charge in [0.25, 0.3) is 0 Å². The van der Waals surface area contributed by atoms with Crippen molar-refractivity contribution in [3.8, 4) is 0 Å². The van der Waals surface area contributed by atoms with Crippen LogP contribution in [0.15, 0.2) is 25.3 Å². The third-order valence-electron chi connectivity index (χ3n) is 3.18. The lowest BCUT2D eigenvalue weighted by atomic mass is 10.7. The second kappa shape index (κ2) is 6.89. The first-order chi connectivity index (χ1) is 13.8. The smallest absolute Gasteiger partial charge is 0.161 e. The molecule has 0 aliphatic carbocycles. The van der Waals surface area contributed by atoms with E-state index in [1.165, 1.54) is 25.3 Å². The Morgan fingerprint density at radius 2 is 0.500 bits per heavy atom. The van der Waals surface area contributed by atoms with E-state index in [9.17, 15) is 0 Å². The average molecular weight is 376 g/mol. The Kier molecular flexibility index (Phi) is 3.96. The zero-order valence-electron chi connectivity index (χ0n) is 13.7. The molecular formula is C12H8N16+4. The van der Waals surface area contributed by atoms with Gasteiger partial charge in [-0.15, -0.1) is 0 Å². The van der Waals surface area contributed by atoms with E-state index >= 15 is 0 Å². The van der Waals surface area contributed by atoms with E-state index in [1.807, 2.05) is 0 Å². The monoisotopic (exact) mass is 376 g/mol. The zero-order chi connectivity index (χ0) is 18.8. The maximum atomic E-state index is 4.21. The molecule has 4 radical (unpaired) electrons. The topological polar surface area (TPSA) is 217 Å². The number of aromatic nitrogens is 12. The lowest BCUT2D eigenvalue weighted by Gasteiger charge is -1.95. The summed E-state index contributed by atoms with van der Waals surface area (Å²) in [7, 11) is 0. The highest BCUT2D eigenvalue weighted by molar-refractivity contribution is 5.21. The van der Waals surface area contributed by atoms with Gasteiger partial charge in [0.2, 0.25) is 0 Å². The summed E-state index contributed by atoms with van der Waals surface area (Å²) >= 11 is 0. The second-order valence-electron chi connectivity index (χ2n) is 5.03. The van der Waals surface area contributed by atoms with Crippen molar-refractivity contribution in [2.75, 3.05) is 0 Å². The van der Waals surface area contributed by atoms with Gasteiger partial charge in [-0.05, 0) is 21.3 Å². The van der Waals surface area contributed by atoms with Crippen molar-refractivity contribution in [3.63, 3.8) is 0 Å². The molecular weight excluding hydrogens is 368 g/mol. The van der Waals surface area contributed by atoms with Crippen LogP contribution in [-0.4, -0.2) is 59.8 Å². The highest BCUT2D eigenvalue weighted by Gasteiger charge is 2.25. The molecule has 4 aromatic rings. The molecule has 0 fully saturated rings. The first-order valence-electron chi connectivity index (χ1n) is 7.64. The second-order valence-corrected chi connectivity index (χ2v) is 5.03. The summed E-state index contributed by atoms with van der Waals surface area (Å²) in [5.74, 6) is 1.64. The number of nitrogens with zero attached hydrogens (tertiary/aromatic N) is 12. The Bertz CT molecular complexity index is 897. The van der Waals surface area contributed by atoms with E-state index in [-0.39, 0.29) is 47.6 Å². The molecule has 132 valence electrons. The molecule has 4 aromatic heterocycles. The molecule has 0 aromatic carbocycles. The normalized spacial score (nSPS) is 13.1. The van der Waals surface area contributed by atoms with Crippen LogP contribution < -0.4 is 21.3 Å². The van der Waals surface area contributed by atoms with Gasteiger partial charge < -0.3 is 0 Å². The molecule has 0 saturated heterocycles. The Balaban J connectivity index is 1.60. The van der Waals surface area contributed by atoms with Crippen molar-refractivity contribution >= 4 is 47.6 Å². The number of nitrogens with one attached hydrogen (secondary N) is 4. The van der Waals surface area contributed by atoms with Crippen LogP contribution in [0.2, 0.25) is 0 Å². The summed E-state index contributed by atoms with van der Waals surface area (Å²) in [5.41, 5.74) is 0. The van der Waals surface area contributed by atoms with Gasteiger partial charge in [0, 0.05) is 0 Å². The van der Waals surface area contributed by atoms with Crippen LogP contribution in [0.25, 0.3) is 0 Å². The van der Waals surface area contributed by atoms with E-state index in [0.29, 0.717) is 0 Å². The van der Waals surface area contributed by atoms with Gasteiger partial charge in [0.15, 0.2) is 0 Å². The van der Waals surface area contributed by atoms with Crippen LogP contribution in [0.1, 0.15) is 0 Å². The highest BCUT2D eigenvalue weighted by Crippen LogP contribution is 2.00. The summed E-state index contributed by atoms with van der Waals surface area (Å²) < 4.78 is 0. The summed E-state index contributed by atoms with van der Waals surface area (Å²) in [6.07, 6.45) is 5.24. The molecule has 5 heterocycles. The molecule has 0 saturated carbocycles. The van der Waals surface area contributed by atoms with Crippen LogP contribution in [0.5, 0.6) is 0 Å². The first kappa shape index (κ1) is 16.1. The van der Waals surface area contributed by atoms with Gasteiger partial charge >= 0.3 is 47.6 Å². The minimum atomic E-state index is 0.205. The Morgan fingerprint density at radius 1 is 0.321 bits per heavy atom. The predicted octanol–water partition coefficient (Wildman–Crippen LogP) is -6.01. The lowest BCUT2D eigenvalue weighted by Crippen LogP contribution is -2.79. The number of anilines is 8. The molecule has 0 atom stereocenters. The van der Waals surface area contributed by atoms with E-state index in [4.69, 9.17) is 0 Å². The molecule has 16 nitrogen and oxygen atoms in total. The van der Waals surface area contributed by atoms with E-state index in [1.54, 1.807) is 0 Å². The molecule has 0 unspecified atom stereocenters. The van der Waals surface area contributed by atoms with Crippen molar-refractivity contribution in [2.24, 2.45) is 0 Å². The molecule has 8 bridgehead atoms. The fraction of sp³-hybridized carbons (Fsp3) is 0. The summed E-state index contributed by atoms with van der Waals surface area (Å²) in [5, 5.41) is 11.4. The van der Waals surface area contributed by atoms with E-state index in [0.717, 1.165) is 0 Å². The van der Waals surface area contributed by atoms with E-state index in [2.05, 4.69) is 81.1 Å². The molecule has 1 aliphatic heterocycles. The third kappa shape index (κ3) is 3.54. The Labute approximate surface area is 154 Å². The zero-order valence-corrected chi connectivity index (χ0v) is 13.7. The molecule has 16 heteroatoms. The van der Waals surface area contributed by atoms with Gasteiger partial charge in [-0.2, -0.15) is 39.9 Å². The van der Waals surface area contributed by atoms with Gasteiger partial charge in [0.1, 0.15) is 25.3 Å². The fourth-order valence-corrected chi connectivity index (χ4v) is 2.07. The average Bonchev–Trinajstić information content (AvgIpc) is 2.69. The molecule has 5 rings (SSSR count). The van der Waals surface area contributed by atoms with Gasteiger partial charge in [-0.1, -0.05) is 19.9 Å². The highest BCUT2D eigenvalue weighted by atomic mass is 15.3. The van der Waals surface area contributed by atoms with Gasteiger partial charge in [-0.25, -0.2) is 0 Å². The molecule has 0 amide bonds. The van der Waals surface area contributed by atoms with Crippen LogP contribution >= 0.6 is 0 Å². The SMILES string of the molecule is c1nc2nc(n1)[NH+]c1ncnc(n1)[NH+]c1ncnc(n1)[NH+]c1ncnc(n1)[NH+]2. The van der Waals surface area contributed by atoms with Crippen molar-refractivity contribution in [1.82, 2.24) is 59.8 Å². The molecule has 4 N–H and O–H groups in total. The number of hydrogen-bond acceptors (Lipinski definition) is 16. The van der Waals surface area contributed by atoms with E-state index < -0.39 is 0 Å². The number of fused-ring (bicyclic) bond motifs is 8. The third-order valence-corrected chi connectivity index (χ3v) is 3.18. The quantitative estimate of drug-likeness (QED) is 0.198. The first-order valence-corrected chi connectivity index (χ1v) is 7.64. The Hall–Kier alpha value is -4.12. The van der Waals surface area contributed by atoms with Crippen molar-refractivity contribution in [3.05, 3.63) is 25.3 Å².